The Kier molecular flexibility index (Phi) is 8.03. The predicted molar refractivity (Wildman–Crippen MR) is 66.2 cm³/mol. The molecule has 2 N–H and O–H groups in total. The fourth-order valence-corrected chi connectivity index (χ4v) is 0.922. The molecule has 5 heteroatoms. The molecule has 0 rings (SSSR count). The van der Waals surface area contributed by atoms with Crippen molar-refractivity contribution in [1.82, 2.24) is 5.43 Å². The van der Waals surface area contributed by atoms with Gasteiger partial charge in [0.05, 0.1) is 6.54 Å². The zero-order valence-electron chi connectivity index (χ0n) is 9.84. The number of terminal acetylenes is 1. The summed E-state index contributed by atoms with van der Waals surface area (Å²) in [5, 5.41) is 15.9. The summed E-state index contributed by atoms with van der Waals surface area (Å²) in [5.41, 5.74) is 2.27. The summed E-state index contributed by atoms with van der Waals surface area (Å²) in [6, 6.07) is -1.15. The van der Waals surface area contributed by atoms with E-state index in [0.29, 0.717) is 6.54 Å². The van der Waals surface area contributed by atoms with Crippen molar-refractivity contribution in [2.24, 2.45) is 16.3 Å². The van der Waals surface area contributed by atoms with E-state index in [1.54, 1.807) is 6.08 Å². The molecule has 0 fully saturated rings. The van der Waals surface area contributed by atoms with Crippen LogP contribution in [0.4, 0.5) is 0 Å². The van der Waals surface area contributed by atoms with Gasteiger partial charge in [0.2, 0.25) is 6.04 Å². The third-order valence-corrected chi connectivity index (χ3v) is 1.89. The SMILES string of the molecule is C#CC(NN=NCC(C=C)C=CCC)C(=O)O. The van der Waals surface area contributed by atoms with Crippen LogP contribution < -0.4 is 5.43 Å². The summed E-state index contributed by atoms with van der Waals surface area (Å²) in [6.07, 6.45) is 11.7. The minimum absolute atomic E-state index is 0.0922. The van der Waals surface area contributed by atoms with Crippen LogP contribution in [0.5, 0.6) is 0 Å². The Hall–Kier alpha value is -2.09. The number of nitrogens with zero attached hydrogens (tertiary/aromatic N) is 2. The lowest BCUT2D eigenvalue weighted by atomic mass is 10.1. The van der Waals surface area contributed by atoms with Gasteiger partial charge in [-0.1, -0.05) is 36.3 Å². The molecule has 0 aromatic rings. The van der Waals surface area contributed by atoms with E-state index in [4.69, 9.17) is 11.5 Å². The van der Waals surface area contributed by atoms with Crippen molar-refractivity contribution in [1.29, 1.82) is 0 Å². The topological polar surface area (TPSA) is 74.0 Å². The smallest absolute Gasteiger partial charge is 0.340 e. The number of carboxylic acid groups (broad SMARTS) is 1. The molecule has 0 saturated heterocycles. The number of carbonyl (C=O) groups is 1. The van der Waals surface area contributed by atoms with Crippen molar-refractivity contribution in [2.75, 3.05) is 6.54 Å². The van der Waals surface area contributed by atoms with Gasteiger partial charge in [-0.3, -0.25) is 5.43 Å². The summed E-state index contributed by atoms with van der Waals surface area (Å²) < 4.78 is 0. The molecule has 0 amide bonds. The average molecular weight is 235 g/mol. The molecule has 0 spiro atoms. The number of nitrogens with one attached hydrogen (secondary N) is 1. The van der Waals surface area contributed by atoms with Gasteiger partial charge in [-0.25, -0.2) is 4.79 Å². The van der Waals surface area contributed by atoms with Crippen LogP contribution in [0.1, 0.15) is 13.3 Å². The highest BCUT2D eigenvalue weighted by atomic mass is 16.4. The van der Waals surface area contributed by atoms with Crippen LogP contribution in [-0.4, -0.2) is 23.7 Å². The molecule has 0 aromatic heterocycles. The maximum absolute atomic E-state index is 10.5. The van der Waals surface area contributed by atoms with Crippen LogP contribution in [0.3, 0.4) is 0 Å². The van der Waals surface area contributed by atoms with Crippen molar-refractivity contribution in [3.63, 3.8) is 0 Å². The summed E-state index contributed by atoms with van der Waals surface area (Å²) in [7, 11) is 0. The summed E-state index contributed by atoms with van der Waals surface area (Å²) in [6.45, 7) is 6.11. The van der Waals surface area contributed by atoms with E-state index >= 15 is 0 Å². The van der Waals surface area contributed by atoms with Crippen molar-refractivity contribution >= 4 is 5.97 Å². The van der Waals surface area contributed by atoms with Gasteiger partial charge in [0.25, 0.3) is 0 Å². The number of allylic oxidation sites excluding steroid dienone is 1. The quantitative estimate of drug-likeness (QED) is 0.291. The van der Waals surface area contributed by atoms with Crippen LogP contribution in [0, 0.1) is 18.3 Å². The third-order valence-electron chi connectivity index (χ3n) is 1.89. The minimum atomic E-state index is -1.16. The standard InChI is InChI=1S/C12H17N3O2/c1-4-7-8-10(5-2)9-13-15-14-11(6-3)12(16)17/h3,5,7-8,10-11H,2,4,9H2,1H3,(H,13,14)(H,16,17). The predicted octanol–water partition coefficient (Wildman–Crippen LogP) is 1.80. The van der Waals surface area contributed by atoms with Crippen molar-refractivity contribution < 1.29 is 9.90 Å². The number of carboxylic acids is 1. The monoisotopic (exact) mass is 235 g/mol. The number of aliphatic carboxylic acids is 1. The van der Waals surface area contributed by atoms with Gasteiger partial charge in [0.15, 0.2) is 0 Å². The lowest BCUT2D eigenvalue weighted by Crippen LogP contribution is -2.31. The number of rotatable bonds is 8. The largest absolute Gasteiger partial charge is 0.479 e. The molecule has 17 heavy (non-hydrogen) atoms. The fourth-order valence-electron chi connectivity index (χ4n) is 0.922. The average Bonchev–Trinajstić information content (AvgIpc) is 2.32. The Labute approximate surface area is 101 Å². The first-order chi connectivity index (χ1) is 8.15. The maximum atomic E-state index is 10.5. The van der Waals surface area contributed by atoms with Gasteiger partial charge in [0.1, 0.15) is 0 Å². The molecule has 0 aliphatic heterocycles. The Bertz CT molecular complexity index is 342. The first-order valence-corrected chi connectivity index (χ1v) is 5.25. The van der Waals surface area contributed by atoms with E-state index in [2.05, 4.69) is 22.3 Å². The van der Waals surface area contributed by atoms with Gasteiger partial charge in [-0.05, 0) is 6.42 Å². The van der Waals surface area contributed by atoms with Crippen LogP contribution in [-0.2, 0) is 4.79 Å². The molecule has 2 unspecified atom stereocenters. The van der Waals surface area contributed by atoms with E-state index in [1.165, 1.54) is 0 Å². The van der Waals surface area contributed by atoms with Crippen molar-refractivity contribution in [2.45, 2.75) is 19.4 Å². The number of hydrogen-bond donors (Lipinski definition) is 2. The zero-order chi connectivity index (χ0) is 13.1. The third kappa shape index (κ3) is 6.90. The second-order valence-electron chi connectivity index (χ2n) is 3.23. The fraction of sp³-hybridized carbons (Fsp3) is 0.417. The maximum Gasteiger partial charge on any atom is 0.340 e. The minimum Gasteiger partial charge on any atom is -0.479 e. The Morgan fingerprint density at radius 1 is 1.71 bits per heavy atom. The van der Waals surface area contributed by atoms with Crippen molar-refractivity contribution in [3.05, 3.63) is 24.8 Å². The van der Waals surface area contributed by atoms with Gasteiger partial charge < -0.3 is 5.11 Å². The molecule has 0 bridgehead atoms. The van der Waals surface area contributed by atoms with Crippen molar-refractivity contribution in [3.8, 4) is 12.3 Å². The Morgan fingerprint density at radius 2 is 2.41 bits per heavy atom. The summed E-state index contributed by atoms with van der Waals surface area (Å²) in [4.78, 5) is 10.5. The van der Waals surface area contributed by atoms with Crippen LogP contribution in [0.15, 0.2) is 35.1 Å². The summed E-state index contributed by atoms with van der Waals surface area (Å²) in [5.74, 6) is 0.977. The van der Waals surface area contributed by atoms with Gasteiger partial charge in [-0.2, -0.15) is 5.11 Å². The second-order valence-corrected chi connectivity index (χ2v) is 3.23. The molecule has 92 valence electrons. The molecule has 0 saturated carbocycles. The molecular weight excluding hydrogens is 218 g/mol. The van der Waals surface area contributed by atoms with Crippen LogP contribution in [0.25, 0.3) is 0 Å². The highest BCUT2D eigenvalue weighted by molar-refractivity contribution is 5.77. The second kappa shape index (κ2) is 9.16. The van der Waals surface area contributed by atoms with E-state index in [-0.39, 0.29) is 5.92 Å². The Balaban J connectivity index is 4.09. The van der Waals surface area contributed by atoms with E-state index in [0.717, 1.165) is 6.42 Å². The molecule has 0 aliphatic rings. The molecule has 5 nitrogen and oxygen atoms in total. The van der Waals surface area contributed by atoms with Crippen LogP contribution >= 0.6 is 0 Å². The highest BCUT2D eigenvalue weighted by Crippen LogP contribution is 2.02. The van der Waals surface area contributed by atoms with Gasteiger partial charge in [0, 0.05) is 5.92 Å². The number of hydrogen-bond acceptors (Lipinski definition) is 3. The first-order valence-electron chi connectivity index (χ1n) is 5.25. The van der Waals surface area contributed by atoms with E-state index in [1.807, 2.05) is 25.0 Å². The lowest BCUT2D eigenvalue weighted by Gasteiger charge is -2.04. The van der Waals surface area contributed by atoms with Crippen LogP contribution in [0.2, 0.25) is 0 Å². The van der Waals surface area contributed by atoms with Gasteiger partial charge in [-0.15, -0.1) is 13.0 Å². The molecular formula is C12H17N3O2. The Morgan fingerprint density at radius 3 is 2.88 bits per heavy atom. The van der Waals surface area contributed by atoms with Gasteiger partial charge >= 0.3 is 5.97 Å². The lowest BCUT2D eigenvalue weighted by molar-refractivity contribution is -0.137. The molecule has 0 aliphatic carbocycles. The zero-order valence-corrected chi connectivity index (χ0v) is 9.84. The molecule has 0 aromatic carbocycles. The van der Waals surface area contributed by atoms with E-state index < -0.39 is 12.0 Å². The van der Waals surface area contributed by atoms with E-state index in [9.17, 15) is 4.79 Å². The highest BCUT2D eigenvalue weighted by Gasteiger charge is 2.11. The molecule has 0 radical (unpaired) electrons. The summed E-state index contributed by atoms with van der Waals surface area (Å²) >= 11 is 0. The molecule has 0 heterocycles. The first kappa shape index (κ1) is 14.9. The molecule has 2 atom stereocenters. The normalized spacial score (nSPS) is 14.4.